The number of aryl methyl sites for hydroxylation is 1. The van der Waals surface area contributed by atoms with Gasteiger partial charge in [-0.05, 0) is 30.7 Å². The van der Waals surface area contributed by atoms with Gasteiger partial charge in [-0.3, -0.25) is 14.2 Å². The Balaban J connectivity index is 1.70. The lowest BCUT2D eigenvalue weighted by Gasteiger charge is -2.13. The molecule has 134 valence electrons. The van der Waals surface area contributed by atoms with Gasteiger partial charge in [-0.1, -0.05) is 0 Å². The molecular formula is C18H16N2O6. The summed E-state index contributed by atoms with van der Waals surface area (Å²) in [6.07, 6.45) is 1.99. The van der Waals surface area contributed by atoms with Crippen LogP contribution < -0.4 is 20.3 Å². The number of amides is 1. The normalized spacial score (nSPS) is 17.9. The Morgan fingerprint density at radius 3 is 2.73 bits per heavy atom. The smallest absolute Gasteiger partial charge is 0.328 e. The maximum Gasteiger partial charge on any atom is 0.328 e. The molecule has 1 amide bonds. The Morgan fingerprint density at radius 1 is 1.15 bits per heavy atom. The van der Waals surface area contributed by atoms with Crippen LogP contribution in [0.3, 0.4) is 0 Å². The number of pyridine rings is 1. The molecule has 2 aliphatic rings. The van der Waals surface area contributed by atoms with Gasteiger partial charge in [0.1, 0.15) is 11.6 Å². The van der Waals surface area contributed by atoms with Gasteiger partial charge in [-0.2, -0.15) is 0 Å². The van der Waals surface area contributed by atoms with Gasteiger partial charge in [-0.15, -0.1) is 0 Å². The molecule has 2 aliphatic heterocycles. The van der Waals surface area contributed by atoms with Crippen LogP contribution in [-0.2, 0) is 9.53 Å². The van der Waals surface area contributed by atoms with Gasteiger partial charge >= 0.3 is 5.97 Å². The number of nitrogens with zero attached hydrogens (tertiary/aromatic N) is 1. The van der Waals surface area contributed by atoms with Crippen molar-refractivity contribution in [1.29, 1.82) is 0 Å². The second kappa shape index (κ2) is 6.21. The van der Waals surface area contributed by atoms with Crippen LogP contribution >= 0.6 is 0 Å². The lowest BCUT2D eigenvalue weighted by Crippen LogP contribution is -2.41. The fourth-order valence-electron chi connectivity index (χ4n) is 3.00. The van der Waals surface area contributed by atoms with Crippen molar-refractivity contribution >= 4 is 11.9 Å². The molecule has 1 unspecified atom stereocenters. The van der Waals surface area contributed by atoms with E-state index in [2.05, 4.69) is 5.32 Å². The molecule has 1 N–H and O–H groups in total. The highest BCUT2D eigenvalue weighted by molar-refractivity contribution is 5.98. The molecule has 1 atom stereocenters. The van der Waals surface area contributed by atoms with E-state index in [1.54, 1.807) is 37.4 Å². The lowest BCUT2D eigenvalue weighted by atomic mass is 10.1. The molecule has 1 saturated heterocycles. The first-order chi connectivity index (χ1) is 12.5. The Kier molecular flexibility index (Phi) is 3.87. The van der Waals surface area contributed by atoms with Crippen LogP contribution in [-0.4, -0.2) is 35.9 Å². The first kappa shape index (κ1) is 16.2. The van der Waals surface area contributed by atoms with Gasteiger partial charge in [0.25, 0.3) is 11.5 Å². The number of ether oxygens (including phenoxy) is 3. The van der Waals surface area contributed by atoms with Crippen LogP contribution in [0.5, 0.6) is 11.5 Å². The average Bonchev–Trinajstić information content (AvgIpc) is 3.23. The van der Waals surface area contributed by atoms with E-state index in [9.17, 15) is 14.4 Å². The summed E-state index contributed by atoms with van der Waals surface area (Å²) in [6.45, 7) is 2.07. The molecule has 8 heteroatoms. The zero-order valence-corrected chi connectivity index (χ0v) is 14.0. The maximum atomic E-state index is 12.9. The van der Waals surface area contributed by atoms with Crippen molar-refractivity contribution in [3.8, 4) is 17.2 Å². The molecule has 26 heavy (non-hydrogen) atoms. The number of aromatic nitrogens is 1. The first-order valence-electron chi connectivity index (χ1n) is 8.14. The predicted molar refractivity (Wildman–Crippen MR) is 89.7 cm³/mol. The van der Waals surface area contributed by atoms with E-state index in [-0.39, 0.29) is 19.0 Å². The topological polar surface area (TPSA) is 95.9 Å². The molecule has 8 nitrogen and oxygen atoms in total. The number of hydrogen-bond donors (Lipinski definition) is 1. The fraction of sp³-hybridized carbons (Fsp3) is 0.278. The highest BCUT2D eigenvalue weighted by Crippen LogP contribution is 2.33. The largest absolute Gasteiger partial charge is 0.464 e. The summed E-state index contributed by atoms with van der Waals surface area (Å²) >= 11 is 0. The molecular weight excluding hydrogens is 340 g/mol. The van der Waals surface area contributed by atoms with Crippen molar-refractivity contribution < 1.29 is 23.8 Å². The third-order valence-electron chi connectivity index (χ3n) is 4.40. The predicted octanol–water partition coefficient (Wildman–Crippen LogP) is 0.920. The number of hydrogen-bond acceptors (Lipinski definition) is 6. The number of esters is 1. The van der Waals surface area contributed by atoms with E-state index in [0.717, 1.165) is 0 Å². The Labute approximate surface area is 148 Å². The van der Waals surface area contributed by atoms with Crippen molar-refractivity contribution in [2.45, 2.75) is 19.4 Å². The van der Waals surface area contributed by atoms with Crippen LogP contribution in [0.1, 0.15) is 22.3 Å². The molecule has 1 aromatic carbocycles. The number of carbonyl (C=O) groups excluding carboxylic acids is 2. The molecule has 3 heterocycles. The molecule has 0 bridgehead atoms. The molecule has 0 saturated carbocycles. The second-order valence-electron chi connectivity index (χ2n) is 6.07. The fourth-order valence-corrected chi connectivity index (χ4v) is 3.00. The summed E-state index contributed by atoms with van der Waals surface area (Å²) in [7, 11) is 0. The third-order valence-corrected chi connectivity index (χ3v) is 4.40. The standard InChI is InChI=1S/C18H16N2O6/c1-10-4-6-20(11-2-3-13-14(8-11)26-9-25-13)17(22)15(10)16(21)19-12-5-7-24-18(12)23/h2-4,6,8,12H,5,7,9H2,1H3,(H,19,21). The Bertz CT molecular complexity index is 965. The van der Waals surface area contributed by atoms with Crippen molar-refractivity contribution in [2.24, 2.45) is 0 Å². The van der Waals surface area contributed by atoms with Crippen LogP contribution in [0.15, 0.2) is 35.3 Å². The molecule has 0 spiro atoms. The molecule has 1 aromatic heterocycles. The van der Waals surface area contributed by atoms with Gasteiger partial charge < -0.3 is 19.5 Å². The van der Waals surface area contributed by atoms with Gasteiger partial charge in [0.15, 0.2) is 11.5 Å². The minimum atomic E-state index is -0.722. The minimum absolute atomic E-state index is 0.00938. The molecule has 0 radical (unpaired) electrons. The van der Waals surface area contributed by atoms with Gasteiger partial charge in [0, 0.05) is 18.7 Å². The Morgan fingerprint density at radius 2 is 1.96 bits per heavy atom. The van der Waals surface area contributed by atoms with Crippen molar-refractivity contribution in [1.82, 2.24) is 9.88 Å². The van der Waals surface area contributed by atoms with Crippen LogP contribution in [0.4, 0.5) is 0 Å². The first-order valence-corrected chi connectivity index (χ1v) is 8.14. The average molecular weight is 356 g/mol. The van der Waals surface area contributed by atoms with E-state index in [1.165, 1.54) is 4.57 Å². The van der Waals surface area contributed by atoms with Gasteiger partial charge in [0.2, 0.25) is 6.79 Å². The summed E-state index contributed by atoms with van der Waals surface area (Å²) in [4.78, 5) is 37.0. The summed E-state index contributed by atoms with van der Waals surface area (Å²) in [5.74, 6) is 0.0655. The van der Waals surface area contributed by atoms with Gasteiger partial charge in [0.05, 0.1) is 12.3 Å². The van der Waals surface area contributed by atoms with Crippen LogP contribution in [0.25, 0.3) is 5.69 Å². The van der Waals surface area contributed by atoms with Crippen LogP contribution in [0, 0.1) is 6.92 Å². The lowest BCUT2D eigenvalue weighted by molar-refractivity contribution is -0.139. The number of carbonyl (C=O) groups is 2. The highest BCUT2D eigenvalue weighted by Gasteiger charge is 2.29. The monoisotopic (exact) mass is 356 g/mol. The number of fused-ring (bicyclic) bond motifs is 1. The summed E-state index contributed by atoms with van der Waals surface area (Å²) < 4.78 is 16.8. The van der Waals surface area contributed by atoms with E-state index in [4.69, 9.17) is 14.2 Å². The molecule has 1 fully saturated rings. The Hall–Kier alpha value is -3.29. The third kappa shape index (κ3) is 2.69. The van der Waals surface area contributed by atoms with Crippen LogP contribution in [0.2, 0.25) is 0 Å². The van der Waals surface area contributed by atoms with E-state index in [0.29, 0.717) is 29.2 Å². The number of nitrogens with one attached hydrogen (secondary N) is 1. The van der Waals surface area contributed by atoms with Gasteiger partial charge in [-0.25, -0.2) is 4.79 Å². The van der Waals surface area contributed by atoms with Crippen molar-refractivity contribution in [3.63, 3.8) is 0 Å². The number of cyclic esters (lactones) is 1. The zero-order valence-electron chi connectivity index (χ0n) is 14.0. The molecule has 4 rings (SSSR count). The highest BCUT2D eigenvalue weighted by atomic mass is 16.7. The number of benzene rings is 1. The second-order valence-corrected chi connectivity index (χ2v) is 6.07. The van der Waals surface area contributed by atoms with E-state index in [1.807, 2.05) is 0 Å². The van der Waals surface area contributed by atoms with Crippen molar-refractivity contribution in [2.75, 3.05) is 13.4 Å². The maximum absolute atomic E-state index is 12.9. The zero-order chi connectivity index (χ0) is 18.3. The van der Waals surface area contributed by atoms with E-state index < -0.39 is 23.5 Å². The SMILES string of the molecule is Cc1ccn(-c2ccc3c(c2)OCO3)c(=O)c1C(=O)NC1CCOC1=O. The quantitative estimate of drug-likeness (QED) is 0.822. The summed E-state index contributed by atoms with van der Waals surface area (Å²) in [5.41, 5.74) is 0.585. The van der Waals surface area contributed by atoms with Crippen molar-refractivity contribution in [3.05, 3.63) is 51.9 Å². The minimum Gasteiger partial charge on any atom is -0.464 e. The van der Waals surface area contributed by atoms with E-state index >= 15 is 0 Å². The molecule has 0 aliphatic carbocycles. The molecule has 2 aromatic rings. The number of rotatable bonds is 3. The summed E-state index contributed by atoms with van der Waals surface area (Å²) in [5, 5.41) is 2.58. The summed E-state index contributed by atoms with van der Waals surface area (Å²) in [6, 6.07) is 6.04.